The van der Waals surface area contributed by atoms with Gasteiger partial charge in [0.05, 0.1) is 25.2 Å². The van der Waals surface area contributed by atoms with Crippen LogP contribution in [0.5, 0.6) is 0 Å². The van der Waals surface area contributed by atoms with Crippen molar-refractivity contribution in [3.05, 3.63) is 35.4 Å². The van der Waals surface area contributed by atoms with E-state index in [1.54, 1.807) is 0 Å². The van der Waals surface area contributed by atoms with Gasteiger partial charge in [-0.1, -0.05) is 46.1 Å². The summed E-state index contributed by atoms with van der Waals surface area (Å²) in [6.07, 6.45) is 5.51. The number of hydrogen-bond acceptors (Lipinski definition) is 0. The van der Waals surface area contributed by atoms with Gasteiger partial charge < -0.3 is 12.4 Å². The molecule has 0 N–H and O–H groups in total. The van der Waals surface area contributed by atoms with Gasteiger partial charge in [-0.3, -0.25) is 4.48 Å². The highest BCUT2D eigenvalue weighted by molar-refractivity contribution is 5.23. The molecule has 0 spiro atoms. The van der Waals surface area contributed by atoms with Gasteiger partial charge in [-0.15, -0.1) is 0 Å². The van der Waals surface area contributed by atoms with E-state index in [1.807, 2.05) is 0 Å². The molecule has 1 atom stereocenters. The Morgan fingerprint density at radius 3 is 1.72 bits per heavy atom. The lowest BCUT2D eigenvalue weighted by Gasteiger charge is -2.48. The van der Waals surface area contributed by atoms with Gasteiger partial charge in [-0.05, 0) is 31.4 Å². The molecular formula is C20H33ClF3N. The van der Waals surface area contributed by atoms with Gasteiger partial charge in [0.1, 0.15) is 0 Å². The Bertz CT molecular complexity index is 484. The molecule has 0 saturated carbocycles. The first kappa shape index (κ1) is 24.3. The molecule has 0 saturated heterocycles. The fourth-order valence-electron chi connectivity index (χ4n) is 3.46. The molecule has 1 aromatic rings. The van der Waals surface area contributed by atoms with Crippen LogP contribution in [-0.4, -0.2) is 24.1 Å². The van der Waals surface area contributed by atoms with Crippen molar-refractivity contribution in [2.24, 2.45) is 0 Å². The van der Waals surface area contributed by atoms with E-state index in [9.17, 15) is 8.78 Å². The maximum atomic E-state index is 16.1. The molecule has 0 bridgehead atoms. The van der Waals surface area contributed by atoms with E-state index in [2.05, 4.69) is 20.8 Å². The highest BCUT2D eigenvalue weighted by Gasteiger charge is 2.50. The minimum Gasteiger partial charge on any atom is -1.00 e. The lowest BCUT2D eigenvalue weighted by Crippen LogP contribution is -3.00. The first-order valence-corrected chi connectivity index (χ1v) is 9.35. The summed E-state index contributed by atoms with van der Waals surface area (Å²) in [5.74, 6) is -3.96. The number of rotatable bonds is 11. The minimum absolute atomic E-state index is 0. The number of hydrogen-bond donors (Lipinski definition) is 0. The molecule has 0 aliphatic rings. The van der Waals surface area contributed by atoms with Crippen molar-refractivity contribution in [1.82, 2.24) is 0 Å². The maximum absolute atomic E-state index is 16.1. The third kappa shape index (κ3) is 5.62. The molecule has 1 rings (SSSR count). The number of alkyl halides is 1. The summed E-state index contributed by atoms with van der Waals surface area (Å²) in [6.45, 7) is 9.62. The first-order chi connectivity index (χ1) is 11.4. The maximum Gasteiger partial charge on any atom is 0.268 e. The molecular weight excluding hydrogens is 347 g/mol. The summed E-state index contributed by atoms with van der Waals surface area (Å²) in [4.78, 5) is 0. The Kier molecular flexibility index (Phi) is 10.7. The molecule has 1 nitrogen and oxygen atoms in total. The van der Waals surface area contributed by atoms with Crippen LogP contribution < -0.4 is 12.4 Å². The highest BCUT2D eigenvalue weighted by atomic mass is 35.5. The highest BCUT2D eigenvalue weighted by Crippen LogP contribution is 2.40. The van der Waals surface area contributed by atoms with E-state index in [1.165, 1.54) is 19.1 Å². The number of unbranched alkanes of at least 4 members (excludes halogenated alkanes) is 3. The fourth-order valence-corrected chi connectivity index (χ4v) is 3.46. The van der Waals surface area contributed by atoms with E-state index < -0.39 is 17.4 Å². The van der Waals surface area contributed by atoms with Crippen molar-refractivity contribution in [1.29, 1.82) is 0 Å². The van der Waals surface area contributed by atoms with Crippen LogP contribution in [-0.2, 0) is 5.79 Å². The van der Waals surface area contributed by atoms with Crippen LogP contribution in [0.15, 0.2) is 18.2 Å². The second-order valence-corrected chi connectivity index (χ2v) is 6.93. The average molecular weight is 380 g/mol. The minimum atomic E-state index is -1.94. The second-order valence-electron chi connectivity index (χ2n) is 6.93. The zero-order valence-corrected chi connectivity index (χ0v) is 16.8. The second kappa shape index (κ2) is 11.1. The summed E-state index contributed by atoms with van der Waals surface area (Å²) < 4.78 is 44.4. The monoisotopic (exact) mass is 379 g/mol. The van der Waals surface area contributed by atoms with Crippen molar-refractivity contribution in [2.75, 3.05) is 19.6 Å². The van der Waals surface area contributed by atoms with Crippen LogP contribution in [0.4, 0.5) is 13.2 Å². The molecule has 0 aromatic heterocycles. The summed E-state index contributed by atoms with van der Waals surface area (Å²) in [5, 5.41) is 0. The van der Waals surface area contributed by atoms with E-state index >= 15 is 4.39 Å². The molecule has 0 heterocycles. The molecule has 1 unspecified atom stereocenters. The molecule has 5 heteroatoms. The largest absolute Gasteiger partial charge is 1.00 e. The molecule has 0 amide bonds. The van der Waals surface area contributed by atoms with Gasteiger partial charge in [0.25, 0.3) is 5.79 Å². The molecule has 25 heavy (non-hydrogen) atoms. The normalized spacial score (nSPS) is 14.0. The molecule has 1 aromatic carbocycles. The predicted octanol–water partition coefficient (Wildman–Crippen LogP) is 3.33. The quantitative estimate of drug-likeness (QED) is 0.408. The van der Waals surface area contributed by atoms with Gasteiger partial charge in [-0.25, -0.2) is 8.78 Å². The average Bonchev–Trinajstić information content (AvgIpc) is 2.56. The van der Waals surface area contributed by atoms with Crippen molar-refractivity contribution in [2.45, 2.75) is 72.0 Å². The van der Waals surface area contributed by atoms with Crippen LogP contribution in [0.3, 0.4) is 0 Å². The van der Waals surface area contributed by atoms with Crippen LogP contribution in [0.25, 0.3) is 0 Å². The summed E-state index contributed by atoms with van der Waals surface area (Å²) >= 11 is 0. The van der Waals surface area contributed by atoms with Crippen LogP contribution in [0, 0.1) is 11.6 Å². The Morgan fingerprint density at radius 1 is 0.880 bits per heavy atom. The third-order valence-electron chi connectivity index (χ3n) is 5.15. The SMILES string of the molecule is CCCC[N+](CCCC)(CCCC)C(C)(F)c1cccc(F)c1F.[Cl-]. The van der Waals surface area contributed by atoms with Crippen molar-refractivity contribution in [3.8, 4) is 0 Å². The summed E-state index contributed by atoms with van der Waals surface area (Å²) in [5.41, 5.74) is -0.147. The van der Waals surface area contributed by atoms with E-state index in [0.29, 0.717) is 19.6 Å². The van der Waals surface area contributed by atoms with Crippen molar-refractivity contribution < 1.29 is 30.1 Å². The smallest absolute Gasteiger partial charge is 0.268 e. The first-order valence-electron chi connectivity index (χ1n) is 9.35. The molecule has 0 radical (unpaired) electrons. The number of halogens is 4. The third-order valence-corrected chi connectivity index (χ3v) is 5.15. The van der Waals surface area contributed by atoms with Crippen LogP contribution in [0.2, 0.25) is 0 Å². The topological polar surface area (TPSA) is 0 Å². The zero-order chi connectivity index (χ0) is 18.2. The van der Waals surface area contributed by atoms with Crippen molar-refractivity contribution in [3.63, 3.8) is 0 Å². The number of benzene rings is 1. The lowest BCUT2D eigenvalue weighted by atomic mass is 9.97. The summed E-state index contributed by atoms with van der Waals surface area (Å²) in [7, 11) is 0. The Morgan fingerprint density at radius 2 is 1.32 bits per heavy atom. The van der Waals surface area contributed by atoms with Crippen molar-refractivity contribution >= 4 is 0 Å². The van der Waals surface area contributed by atoms with Gasteiger partial charge in [0.15, 0.2) is 11.6 Å². The number of nitrogens with zero attached hydrogens (tertiary/aromatic N) is 1. The van der Waals surface area contributed by atoms with E-state index in [0.717, 1.165) is 44.6 Å². The Hall–Kier alpha value is -0.740. The van der Waals surface area contributed by atoms with E-state index in [4.69, 9.17) is 0 Å². The van der Waals surface area contributed by atoms with Gasteiger partial charge in [0, 0.05) is 6.92 Å². The van der Waals surface area contributed by atoms with Crippen LogP contribution in [0.1, 0.15) is 71.8 Å². The molecule has 0 fully saturated rings. The molecule has 146 valence electrons. The molecule has 0 aliphatic carbocycles. The predicted molar refractivity (Wildman–Crippen MR) is 94.4 cm³/mol. The zero-order valence-electron chi connectivity index (χ0n) is 16.1. The number of quaternary nitrogens is 1. The van der Waals surface area contributed by atoms with Gasteiger partial charge in [0.2, 0.25) is 0 Å². The summed E-state index contributed by atoms with van der Waals surface area (Å²) in [6, 6.07) is 3.85. The Labute approximate surface area is 157 Å². The standard InChI is InChI=1S/C20H33F3N.ClH/c1-5-8-14-24(15-9-6-2,16-10-7-3)20(4,23)17-12-11-13-18(21)19(17)22;/h11-13H,5-10,14-16H2,1-4H3;1H/q+1;/p-1. The van der Waals surface area contributed by atoms with Gasteiger partial charge >= 0.3 is 0 Å². The van der Waals surface area contributed by atoms with E-state index in [-0.39, 0.29) is 22.5 Å². The molecule has 0 aliphatic heterocycles. The lowest BCUT2D eigenvalue weighted by molar-refractivity contribution is -0.999. The fraction of sp³-hybridized carbons (Fsp3) is 0.700. The Balaban J connectivity index is 0.00000576. The van der Waals surface area contributed by atoms with Crippen LogP contribution >= 0.6 is 0 Å². The van der Waals surface area contributed by atoms with Gasteiger partial charge in [-0.2, -0.15) is 4.39 Å².